The Bertz CT molecular complexity index is 385. The molecular weight excluding hydrogens is 263 g/mol. The zero-order valence-corrected chi connectivity index (χ0v) is 10.9. The highest BCUT2D eigenvalue weighted by Crippen LogP contribution is 2.28. The second-order valence-corrected chi connectivity index (χ2v) is 4.77. The first-order valence-corrected chi connectivity index (χ1v) is 6.35. The van der Waals surface area contributed by atoms with Gasteiger partial charge in [0.05, 0.1) is 6.54 Å². The zero-order chi connectivity index (χ0) is 12.0. The summed E-state index contributed by atoms with van der Waals surface area (Å²) in [5, 5.41) is 1.81. The molecule has 0 unspecified atom stereocenters. The van der Waals surface area contributed by atoms with Gasteiger partial charge in [0.25, 0.3) is 0 Å². The fourth-order valence-corrected chi connectivity index (χ4v) is 2.48. The highest BCUT2D eigenvalue weighted by atomic mass is 35.5. The number of aliphatic imine (C=N–C) groups is 1. The Balaban J connectivity index is 2.64. The second-order valence-electron chi connectivity index (χ2n) is 2.96. The van der Waals surface area contributed by atoms with E-state index in [4.69, 9.17) is 28.9 Å². The lowest BCUT2D eigenvalue weighted by Gasteiger charge is -2.05. The number of amidine groups is 1. The molecule has 16 heavy (non-hydrogen) atoms. The number of halogens is 2. The van der Waals surface area contributed by atoms with Crippen LogP contribution in [0.15, 0.2) is 35.8 Å². The van der Waals surface area contributed by atoms with Crippen LogP contribution in [0.5, 0.6) is 0 Å². The summed E-state index contributed by atoms with van der Waals surface area (Å²) in [6.45, 7) is 4.09. The number of rotatable bonds is 4. The van der Waals surface area contributed by atoms with Gasteiger partial charge in [-0.05, 0) is 17.7 Å². The smallest absolute Gasteiger partial charge is 0.154 e. The van der Waals surface area contributed by atoms with Crippen molar-refractivity contribution in [3.05, 3.63) is 46.5 Å². The summed E-state index contributed by atoms with van der Waals surface area (Å²) in [6, 6.07) is 5.43. The predicted molar refractivity (Wildman–Crippen MR) is 74.4 cm³/mol. The molecular formula is C11H12Cl2N2S. The average molecular weight is 275 g/mol. The third kappa shape index (κ3) is 4.08. The summed E-state index contributed by atoms with van der Waals surface area (Å²) in [4.78, 5) is 4.07. The topological polar surface area (TPSA) is 38.4 Å². The van der Waals surface area contributed by atoms with Gasteiger partial charge in [-0.3, -0.25) is 4.99 Å². The number of thioether (sulfide) groups is 1. The first-order chi connectivity index (χ1) is 7.65. The molecule has 0 atom stereocenters. The van der Waals surface area contributed by atoms with Gasteiger partial charge in [0.1, 0.15) is 0 Å². The Morgan fingerprint density at radius 1 is 1.44 bits per heavy atom. The second kappa shape index (κ2) is 6.84. The molecule has 86 valence electrons. The molecule has 1 rings (SSSR count). The maximum atomic E-state index is 6.02. The van der Waals surface area contributed by atoms with E-state index < -0.39 is 0 Å². The van der Waals surface area contributed by atoms with Crippen molar-refractivity contribution in [1.82, 2.24) is 0 Å². The molecule has 0 heterocycles. The number of hydrogen-bond acceptors (Lipinski definition) is 2. The monoisotopic (exact) mass is 274 g/mol. The van der Waals surface area contributed by atoms with Gasteiger partial charge in [-0.2, -0.15) is 0 Å². The number of benzene rings is 1. The van der Waals surface area contributed by atoms with E-state index in [1.807, 2.05) is 6.07 Å². The third-order valence-electron chi connectivity index (χ3n) is 1.80. The van der Waals surface area contributed by atoms with Crippen LogP contribution in [0.3, 0.4) is 0 Å². The summed E-state index contributed by atoms with van der Waals surface area (Å²) in [7, 11) is 0. The molecule has 0 aliphatic carbocycles. The maximum Gasteiger partial charge on any atom is 0.154 e. The molecule has 0 radical (unpaired) electrons. The Morgan fingerprint density at radius 3 is 2.62 bits per heavy atom. The molecule has 0 aliphatic heterocycles. The molecule has 0 saturated heterocycles. The van der Waals surface area contributed by atoms with Gasteiger partial charge >= 0.3 is 0 Å². The summed E-state index contributed by atoms with van der Waals surface area (Å²) >= 11 is 13.5. The van der Waals surface area contributed by atoms with E-state index >= 15 is 0 Å². The normalized spacial score (nSPS) is 11.5. The fourth-order valence-electron chi connectivity index (χ4n) is 1.02. The lowest BCUT2D eigenvalue weighted by molar-refractivity contribution is 1.25. The summed E-state index contributed by atoms with van der Waals surface area (Å²) in [6.07, 6.45) is 1.69. The van der Waals surface area contributed by atoms with E-state index in [1.165, 1.54) is 11.8 Å². The van der Waals surface area contributed by atoms with Crippen molar-refractivity contribution in [1.29, 1.82) is 0 Å². The SMILES string of the molecule is C=CCN=C(N)SCc1c(Cl)cccc1Cl. The Morgan fingerprint density at radius 2 is 2.06 bits per heavy atom. The minimum atomic E-state index is 0.510. The highest BCUT2D eigenvalue weighted by Gasteiger charge is 2.06. The lowest BCUT2D eigenvalue weighted by Crippen LogP contribution is -2.07. The van der Waals surface area contributed by atoms with Crippen LogP contribution in [0, 0.1) is 0 Å². The molecule has 0 bridgehead atoms. The van der Waals surface area contributed by atoms with Crippen molar-refractivity contribution < 1.29 is 0 Å². The minimum Gasteiger partial charge on any atom is -0.379 e. The van der Waals surface area contributed by atoms with Crippen molar-refractivity contribution in [2.75, 3.05) is 6.54 Å². The van der Waals surface area contributed by atoms with Gasteiger partial charge in [0, 0.05) is 15.8 Å². The fraction of sp³-hybridized carbons (Fsp3) is 0.182. The van der Waals surface area contributed by atoms with Crippen LogP contribution >= 0.6 is 35.0 Å². The van der Waals surface area contributed by atoms with Crippen molar-refractivity contribution in [2.45, 2.75) is 5.75 Å². The van der Waals surface area contributed by atoms with E-state index in [0.29, 0.717) is 27.5 Å². The molecule has 0 amide bonds. The predicted octanol–water partition coefficient (Wildman–Crippen LogP) is 3.73. The van der Waals surface area contributed by atoms with Gasteiger partial charge in [0.2, 0.25) is 0 Å². The molecule has 0 aliphatic rings. The van der Waals surface area contributed by atoms with Gasteiger partial charge in [-0.1, -0.05) is 47.1 Å². The summed E-state index contributed by atoms with van der Waals surface area (Å²) in [5.74, 6) is 0.616. The van der Waals surface area contributed by atoms with Gasteiger partial charge < -0.3 is 5.73 Å². The largest absolute Gasteiger partial charge is 0.379 e. The van der Waals surface area contributed by atoms with Crippen LogP contribution in [-0.4, -0.2) is 11.7 Å². The van der Waals surface area contributed by atoms with Crippen LogP contribution in [-0.2, 0) is 5.75 Å². The molecule has 0 aromatic heterocycles. The van der Waals surface area contributed by atoms with Crippen molar-refractivity contribution in [3.63, 3.8) is 0 Å². The summed E-state index contributed by atoms with van der Waals surface area (Å²) in [5.41, 5.74) is 6.57. The molecule has 0 fully saturated rings. The maximum absolute atomic E-state index is 6.02. The van der Waals surface area contributed by atoms with Crippen LogP contribution in [0.25, 0.3) is 0 Å². The lowest BCUT2D eigenvalue weighted by atomic mass is 10.2. The van der Waals surface area contributed by atoms with Crippen molar-refractivity contribution in [2.24, 2.45) is 10.7 Å². The van der Waals surface area contributed by atoms with Crippen LogP contribution in [0.2, 0.25) is 10.0 Å². The Kier molecular flexibility index (Phi) is 5.74. The van der Waals surface area contributed by atoms with Crippen LogP contribution in [0.4, 0.5) is 0 Å². The molecule has 1 aromatic carbocycles. The van der Waals surface area contributed by atoms with Crippen LogP contribution < -0.4 is 5.73 Å². The van der Waals surface area contributed by atoms with E-state index in [0.717, 1.165) is 5.56 Å². The highest BCUT2D eigenvalue weighted by molar-refractivity contribution is 8.13. The van der Waals surface area contributed by atoms with E-state index in [-0.39, 0.29) is 0 Å². The molecule has 5 heteroatoms. The van der Waals surface area contributed by atoms with Gasteiger partial charge in [0.15, 0.2) is 5.17 Å². The quantitative estimate of drug-likeness (QED) is 0.516. The van der Waals surface area contributed by atoms with E-state index in [2.05, 4.69) is 11.6 Å². The van der Waals surface area contributed by atoms with Crippen LogP contribution in [0.1, 0.15) is 5.56 Å². The van der Waals surface area contributed by atoms with Gasteiger partial charge in [-0.25, -0.2) is 0 Å². The zero-order valence-electron chi connectivity index (χ0n) is 8.62. The average Bonchev–Trinajstić information content (AvgIpc) is 2.25. The first-order valence-electron chi connectivity index (χ1n) is 4.61. The first kappa shape index (κ1) is 13.4. The standard InChI is InChI=1S/C11H12Cl2N2S/c1-2-6-15-11(14)16-7-8-9(12)4-3-5-10(8)13/h2-5H,1,6-7H2,(H2,14,15). The van der Waals surface area contributed by atoms with Crippen molar-refractivity contribution >= 4 is 40.1 Å². The molecule has 2 nitrogen and oxygen atoms in total. The molecule has 2 N–H and O–H groups in total. The molecule has 0 spiro atoms. The van der Waals surface area contributed by atoms with Gasteiger partial charge in [-0.15, -0.1) is 6.58 Å². The molecule has 0 saturated carbocycles. The Hall–Kier alpha value is -0.640. The number of nitrogens with zero attached hydrogens (tertiary/aromatic N) is 1. The number of hydrogen-bond donors (Lipinski definition) is 1. The van der Waals surface area contributed by atoms with Crippen molar-refractivity contribution in [3.8, 4) is 0 Å². The van der Waals surface area contributed by atoms with E-state index in [9.17, 15) is 0 Å². The molecule has 1 aromatic rings. The minimum absolute atomic E-state index is 0.510. The Labute approximate surface area is 110 Å². The third-order valence-corrected chi connectivity index (χ3v) is 3.37. The number of nitrogens with two attached hydrogens (primary N) is 1. The van der Waals surface area contributed by atoms with E-state index in [1.54, 1.807) is 18.2 Å². The summed E-state index contributed by atoms with van der Waals surface area (Å²) < 4.78 is 0.